The molecule has 4 aliphatic carbocycles. The minimum absolute atomic E-state index is 0.0931. The van der Waals surface area contributed by atoms with E-state index in [1.165, 1.54) is 32.1 Å². The van der Waals surface area contributed by atoms with Gasteiger partial charge in [0, 0.05) is 5.38 Å². The molecule has 0 heterocycles. The minimum atomic E-state index is -0.870. The minimum Gasteiger partial charge on any atom is -0.393 e. The summed E-state index contributed by atoms with van der Waals surface area (Å²) in [6.07, 6.45) is 9.61. The first-order chi connectivity index (χ1) is 11.3. The summed E-state index contributed by atoms with van der Waals surface area (Å²) in [5, 5.41) is 23.7. The summed E-state index contributed by atoms with van der Waals surface area (Å²) >= 11 is 5.59. The van der Waals surface area contributed by atoms with Crippen LogP contribution in [0.25, 0.3) is 0 Å². The van der Waals surface area contributed by atoms with Crippen molar-refractivity contribution in [3.05, 3.63) is 0 Å². The van der Waals surface area contributed by atoms with Crippen LogP contribution >= 0.6 is 11.6 Å². The number of aliphatic hydroxyl groups is 2. The average Bonchev–Trinajstić information content (AvgIpc) is 2.84. The van der Waals surface area contributed by atoms with Crippen LogP contribution in [-0.4, -0.2) is 21.9 Å². The third kappa shape index (κ3) is 2.31. The molecule has 4 rings (SSSR count). The van der Waals surface area contributed by atoms with Crippen molar-refractivity contribution < 1.29 is 10.2 Å². The molecule has 4 fully saturated rings. The number of rotatable bonds is 0. The molecule has 134 valence electrons. The molecule has 0 spiro atoms. The number of hydrogen-bond acceptors (Lipinski definition) is 2. The van der Waals surface area contributed by atoms with Crippen LogP contribution in [0.3, 0.4) is 0 Å². The zero-order valence-corrected chi connectivity index (χ0v) is 15.8. The largest absolute Gasteiger partial charge is 0.393 e. The van der Waals surface area contributed by atoms with E-state index in [2.05, 4.69) is 25.1 Å². The van der Waals surface area contributed by atoms with E-state index in [0.717, 1.165) is 37.5 Å². The number of hydrogen-bond donors (Lipinski definition) is 2. The lowest BCUT2D eigenvalue weighted by atomic mass is 9.44. The fourth-order valence-electron chi connectivity index (χ4n) is 7.42. The summed E-state index contributed by atoms with van der Waals surface area (Å²) in [5.41, 5.74) is -0.382. The van der Waals surface area contributed by atoms with Gasteiger partial charge in [0.2, 0.25) is 0 Å². The molecule has 0 aliphatic heterocycles. The molecule has 0 aromatic rings. The van der Waals surface area contributed by atoms with Gasteiger partial charge in [0.25, 0.3) is 0 Å². The molecule has 0 unspecified atom stereocenters. The van der Waals surface area contributed by atoms with Crippen LogP contribution in [0.1, 0.15) is 71.6 Å². The monoisotopic (exact) mass is 350 g/mol. The zero-order chi connectivity index (χ0) is 17.2. The SMILES string of the molecule is C[C@]12CC[C@](O)(C#CCl)C[C@@H]1CC[C@@H]1[C@@H]2CC[C@]2(C)[C@@H](O)CC[C@@H]12. The molecule has 0 aromatic heterocycles. The van der Waals surface area contributed by atoms with Gasteiger partial charge in [0.15, 0.2) is 0 Å². The average molecular weight is 351 g/mol. The van der Waals surface area contributed by atoms with Crippen molar-refractivity contribution >= 4 is 11.6 Å². The van der Waals surface area contributed by atoms with Gasteiger partial charge in [-0.1, -0.05) is 19.8 Å². The van der Waals surface area contributed by atoms with Crippen LogP contribution in [-0.2, 0) is 0 Å². The zero-order valence-electron chi connectivity index (χ0n) is 15.0. The molecule has 8 atom stereocenters. The fraction of sp³-hybridized carbons (Fsp3) is 0.905. The summed E-state index contributed by atoms with van der Waals surface area (Å²) in [6, 6.07) is 0. The van der Waals surface area contributed by atoms with Gasteiger partial charge in [0.05, 0.1) is 6.10 Å². The number of aliphatic hydroxyl groups excluding tert-OH is 1. The van der Waals surface area contributed by atoms with E-state index < -0.39 is 5.60 Å². The molecule has 3 heteroatoms. The van der Waals surface area contributed by atoms with Crippen molar-refractivity contribution in [3.63, 3.8) is 0 Å². The standard InChI is InChI=1S/C21H31ClO2/c1-19-9-10-21(24,11-12-22)13-14(19)3-4-15-16-5-6-18(23)20(16,2)8-7-17(15)19/h14-18,23-24H,3-10,13H2,1-2H3/t14-,15-,16-,17-,18-,19-,20-,21-/m0/s1. The van der Waals surface area contributed by atoms with Gasteiger partial charge in [-0.2, -0.15) is 0 Å². The Hall–Kier alpha value is -0.230. The van der Waals surface area contributed by atoms with Crippen LogP contribution < -0.4 is 0 Å². The van der Waals surface area contributed by atoms with Crippen molar-refractivity contribution in [2.45, 2.75) is 83.3 Å². The number of halogens is 1. The molecule has 24 heavy (non-hydrogen) atoms. The van der Waals surface area contributed by atoms with Crippen molar-refractivity contribution in [1.82, 2.24) is 0 Å². The van der Waals surface area contributed by atoms with Crippen molar-refractivity contribution in [2.75, 3.05) is 0 Å². The van der Waals surface area contributed by atoms with Gasteiger partial charge in [-0.15, -0.1) is 0 Å². The van der Waals surface area contributed by atoms with Gasteiger partial charge < -0.3 is 10.2 Å². The van der Waals surface area contributed by atoms with Gasteiger partial charge >= 0.3 is 0 Å². The predicted octanol–water partition coefficient (Wildman–Crippen LogP) is 4.32. The summed E-state index contributed by atoms with van der Waals surface area (Å²) in [6.45, 7) is 4.83. The first-order valence-corrected chi connectivity index (χ1v) is 10.2. The second kappa shape index (κ2) is 5.63. The van der Waals surface area contributed by atoms with E-state index in [1.807, 2.05) is 0 Å². The highest BCUT2D eigenvalue weighted by Crippen LogP contribution is 2.66. The Morgan fingerprint density at radius 1 is 0.917 bits per heavy atom. The van der Waals surface area contributed by atoms with Crippen LogP contribution in [0.15, 0.2) is 0 Å². The lowest BCUT2D eigenvalue weighted by Gasteiger charge is -2.61. The molecule has 0 radical (unpaired) electrons. The molecule has 0 bridgehead atoms. The van der Waals surface area contributed by atoms with Gasteiger partial charge in [-0.25, -0.2) is 0 Å². The molecule has 2 nitrogen and oxygen atoms in total. The Morgan fingerprint density at radius 2 is 1.67 bits per heavy atom. The lowest BCUT2D eigenvalue weighted by Crippen LogP contribution is -2.56. The Bertz CT molecular complexity index is 580. The first kappa shape index (κ1) is 17.2. The Labute approximate surface area is 151 Å². The molecular weight excluding hydrogens is 320 g/mol. The highest BCUT2D eigenvalue weighted by molar-refractivity contribution is 6.30. The van der Waals surface area contributed by atoms with Gasteiger partial charge in [-0.3, -0.25) is 0 Å². The van der Waals surface area contributed by atoms with E-state index in [1.54, 1.807) is 0 Å². The molecule has 4 saturated carbocycles. The van der Waals surface area contributed by atoms with E-state index in [0.29, 0.717) is 17.3 Å². The summed E-state index contributed by atoms with van der Waals surface area (Å²) < 4.78 is 0. The highest BCUT2D eigenvalue weighted by atomic mass is 35.5. The third-order valence-electron chi connectivity index (χ3n) is 8.96. The second-order valence-corrected chi connectivity index (χ2v) is 9.94. The molecule has 0 amide bonds. The van der Waals surface area contributed by atoms with Gasteiger partial charge in [0.1, 0.15) is 5.60 Å². The molecule has 4 aliphatic rings. The molecule has 2 N–H and O–H groups in total. The highest BCUT2D eigenvalue weighted by Gasteiger charge is 2.61. The maximum Gasteiger partial charge on any atom is 0.127 e. The Kier molecular flexibility index (Phi) is 4.04. The fourth-order valence-corrected chi connectivity index (χ4v) is 7.60. The lowest BCUT2D eigenvalue weighted by molar-refractivity contribution is -0.143. The van der Waals surface area contributed by atoms with E-state index in [-0.39, 0.29) is 11.5 Å². The van der Waals surface area contributed by atoms with E-state index >= 15 is 0 Å². The van der Waals surface area contributed by atoms with Gasteiger partial charge in [-0.05, 0) is 104 Å². The topological polar surface area (TPSA) is 40.5 Å². The second-order valence-electron chi connectivity index (χ2n) is 9.75. The van der Waals surface area contributed by atoms with E-state index in [9.17, 15) is 10.2 Å². The Balaban J connectivity index is 1.60. The van der Waals surface area contributed by atoms with E-state index in [4.69, 9.17) is 11.6 Å². The molecule has 0 saturated heterocycles. The maximum atomic E-state index is 10.8. The van der Waals surface area contributed by atoms with Crippen LogP contribution in [0.2, 0.25) is 0 Å². The normalized spacial score (nSPS) is 56.5. The van der Waals surface area contributed by atoms with Crippen LogP contribution in [0.5, 0.6) is 0 Å². The van der Waals surface area contributed by atoms with Crippen molar-refractivity contribution in [3.8, 4) is 11.3 Å². The smallest absolute Gasteiger partial charge is 0.127 e. The molecular formula is C21H31ClO2. The van der Waals surface area contributed by atoms with Crippen LogP contribution in [0.4, 0.5) is 0 Å². The first-order valence-electron chi connectivity index (χ1n) is 9.86. The summed E-state index contributed by atoms with van der Waals surface area (Å²) in [5.74, 6) is 5.66. The molecule has 0 aromatic carbocycles. The number of fused-ring (bicyclic) bond motifs is 5. The predicted molar refractivity (Wildman–Crippen MR) is 96.3 cm³/mol. The quantitative estimate of drug-likeness (QED) is 0.639. The van der Waals surface area contributed by atoms with Crippen molar-refractivity contribution in [2.24, 2.45) is 34.5 Å². The Morgan fingerprint density at radius 3 is 2.42 bits per heavy atom. The van der Waals surface area contributed by atoms with Crippen molar-refractivity contribution in [1.29, 1.82) is 0 Å². The third-order valence-corrected chi connectivity index (χ3v) is 9.05. The maximum absolute atomic E-state index is 10.8. The van der Waals surface area contributed by atoms with Crippen LogP contribution in [0, 0.1) is 45.8 Å². The summed E-state index contributed by atoms with van der Waals surface area (Å²) in [7, 11) is 0. The summed E-state index contributed by atoms with van der Waals surface area (Å²) in [4.78, 5) is 0.